The summed E-state index contributed by atoms with van der Waals surface area (Å²) in [4.78, 5) is 24.6. The van der Waals surface area contributed by atoms with Gasteiger partial charge < -0.3 is 14.3 Å². The van der Waals surface area contributed by atoms with Crippen molar-refractivity contribution in [2.75, 3.05) is 5.88 Å². The zero-order valence-corrected chi connectivity index (χ0v) is 10.1. The second-order valence-corrected chi connectivity index (χ2v) is 3.58. The van der Waals surface area contributed by atoms with Crippen LogP contribution in [0.4, 0.5) is 5.88 Å². The highest BCUT2D eigenvalue weighted by Crippen LogP contribution is 2.23. The number of carbonyl (C=O) groups excluding carboxylic acids is 1. The minimum Gasteiger partial charge on any atom is -0.397 e. The van der Waals surface area contributed by atoms with Crippen LogP contribution in [-0.4, -0.2) is 26.9 Å². The summed E-state index contributed by atoms with van der Waals surface area (Å²) in [5, 5.41) is 16.5. The first-order valence-corrected chi connectivity index (χ1v) is 5.53. The fraction of sp³-hybridized carbons (Fsp3) is 0.222. The molecule has 0 aliphatic rings. The standard InChI is InChI=1S/C9H7ClN4O5/c10-3-6(15)11-4-7-12-9(13-19-7)5-1-2-8(18-5)14(16)17/h1-2H,3-4H2,(H,11,15). The van der Waals surface area contributed by atoms with E-state index in [1.807, 2.05) is 0 Å². The SMILES string of the molecule is O=C(CCl)NCc1nc(-c2ccc([N+](=O)[O-])o2)no1. The largest absolute Gasteiger partial charge is 0.433 e. The smallest absolute Gasteiger partial charge is 0.397 e. The third-order valence-corrected chi connectivity index (χ3v) is 2.26. The number of aromatic nitrogens is 2. The van der Waals surface area contributed by atoms with Gasteiger partial charge in [-0.25, -0.2) is 0 Å². The highest BCUT2D eigenvalue weighted by atomic mass is 35.5. The molecule has 10 heteroatoms. The third kappa shape index (κ3) is 3.07. The van der Waals surface area contributed by atoms with Crippen molar-refractivity contribution < 1.29 is 18.7 Å². The molecule has 0 unspecified atom stereocenters. The molecule has 100 valence electrons. The van der Waals surface area contributed by atoms with Crippen LogP contribution in [0.5, 0.6) is 0 Å². The van der Waals surface area contributed by atoms with Gasteiger partial charge in [0.05, 0.1) is 12.6 Å². The van der Waals surface area contributed by atoms with E-state index < -0.39 is 10.8 Å². The maximum atomic E-state index is 10.9. The van der Waals surface area contributed by atoms with Gasteiger partial charge in [-0.3, -0.25) is 14.9 Å². The average Bonchev–Trinajstić information content (AvgIpc) is 3.04. The number of amides is 1. The quantitative estimate of drug-likeness (QED) is 0.495. The lowest BCUT2D eigenvalue weighted by molar-refractivity contribution is -0.401. The molecule has 1 amide bonds. The van der Waals surface area contributed by atoms with Crippen molar-refractivity contribution in [1.29, 1.82) is 0 Å². The molecule has 0 aromatic carbocycles. The molecule has 2 aromatic heterocycles. The minimum atomic E-state index is -0.675. The zero-order valence-electron chi connectivity index (χ0n) is 9.33. The predicted octanol–water partition coefficient (Wildman–Crippen LogP) is 1.09. The molecule has 2 aromatic rings. The molecule has 2 heterocycles. The summed E-state index contributed by atoms with van der Waals surface area (Å²) in [6.07, 6.45) is 0. The topological polar surface area (TPSA) is 124 Å². The first-order chi connectivity index (χ1) is 9.10. The van der Waals surface area contributed by atoms with E-state index in [9.17, 15) is 14.9 Å². The molecule has 0 fully saturated rings. The van der Waals surface area contributed by atoms with Crippen molar-refractivity contribution in [3.8, 4) is 11.6 Å². The van der Waals surface area contributed by atoms with Crippen LogP contribution in [0.3, 0.4) is 0 Å². The van der Waals surface area contributed by atoms with E-state index in [0.29, 0.717) is 0 Å². The van der Waals surface area contributed by atoms with Crippen molar-refractivity contribution >= 4 is 23.4 Å². The maximum absolute atomic E-state index is 10.9. The first-order valence-electron chi connectivity index (χ1n) is 5.00. The molecule has 9 nitrogen and oxygen atoms in total. The fourth-order valence-corrected chi connectivity index (χ4v) is 1.29. The van der Waals surface area contributed by atoms with Gasteiger partial charge in [-0.1, -0.05) is 5.16 Å². The minimum absolute atomic E-state index is 0.0152. The van der Waals surface area contributed by atoms with E-state index >= 15 is 0 Å². The summed E-state index contributed by atoms with van der Waals surface area (Å²) < 4.78 is 9.73. The Morgan fingerprint density at radius 2 is 2.32 bits per heavy atom. The van der Waals surface area contributed by atoms with Gasteiger partial charge in [0.25, 0.3) is 0 Å². The molecule has 2 rings (SSSR count). The number of hydrogen-bond acceptors (Lipinski definition) is 7. The molecule has 0 atom stereocenters. The van der Waals surface area contributed by atoms with E-state index in [0.717, 1.165) is 0 Å². The van der Waals surface area contributed by atoms with E-state index in [1.54, 1.807) is 0 Å². The molecule has 1 N–H and O–H groups in total. The van der Waals surface area contributed by atoms with Crippen molar-refractivity contribution in [1.82, 2.24) is 15.5 Å². The molecule has 0 saturated carbocycles. The van der Waals surface area contributed by atoms with Crippen LogP contribution < -0.4 is 5.32 Å². The Kier molecular flexibility index (Phi) is 3.76. The number of alkyl halides is 1. The van der Waals surface area contributed by atoms with E-state index in [-0.39, 0.29) is 35.8 Å². The molecular formula is C9H7ClN4O5. The first kappa shape index (κ1) is 13.0. The monoisotopic (exact) mass is 286 g/mol. The summed E-state index contributed by atoms with van der Waals surface area (Å²) in [7, 11) is 0. The summed E-state index contributed by atoms with van der Waals surface area (Å²) in [6, 6.07) is 2.53. The second-order valence-electron chi connectivity index (χ2n) is 3.32. The predicted molar refractivity (Wildman–Crippen MR) is 61.2 cm³/mol. The van der Waals surface area contributed by atoms with Gasteiger partial charge in [-0.2, -0.15) is 4.98 Å². The molecule has 0 aliphatic carbocycles. The third-order valence-electron chi connectivity index (χ3n) is 2.02. The number of nitrogens with one attached hydrogen (secondary N) is 1. The number of hydrogen-bond donors (Lipinski definition) is 1. The second kappa shape index (κ2) is 5.48. The van der Waals surface area contributed by atoms with Crippen LogP contribution in [-0.2, 0) is 11.3 Å². The highest BCUT2D eigenvalue weighted by Gasteiger charge is 2.17. The Hall–Kier alpha value is -2.42. The molecule has 0 aliphatic heterocycles. The molecule has 0 saturated heterocycles. The molecule has 19 heavy (non-hydrogen) atoms. The number of halogens is 1. The Bertz CT molecular complexity index is 607. The van der Waals surface area contributed by atoms with Gasteiger partial charge in [0.1, 0.15) is 10.8 Å². The number of nitrogens with zero attached hydrogens (tertiary/aromatic N) is 3. The van der Waals surface area contributed by atoms with Crippen molar-refractivity contribution in [2.45, 2.75) is 6.54 Å². The normalized spacial score (nSPS) is 10.4. The van der Waals surface area contributed by atoms with Crippen LogP contribution in [0, 0.1) is 10.1 Å². The van der Waals surface area contributed by atoms with Crippen molar-refractivity contribution in [3.63, 3.8) is 0 Å². The maximum Gasteiger partial charge on any atom is 0.433 e. The fourth-order valence-electron chi connectivity index (χ4n) is 1.19. The summed E-state index contributed by atoms with van der Waals surface area (Å²) in [5.74, 6) is -0.682. The number of furan rings is 1. The Morgan fingerprint density at radius 3 is 2.95 bits per heavy atom. The van der Waals surface area contributed by atoms with Crippen LogP contribution in [0.15, 0.2) is 21.1 Å². The van der Waals surface area contributed by atoms with E-state index in [2.05, 4.69) is 15.5 Å². The molecular weight excluding hydrogens is 280 g/mol. The lowest BCUT2D eigenvalue weighted by atomic mass is 10.4. The van der Waals surface area contributed by atoms with Crippen molar-refractivity contribution in [2.24, 2.45) is 0 Å². The lowest BCUT2D eigenvalue weighted by Crippen LogP contribution is -2.23. The number of carbonyl (C=O) groups is 1. The average molecular weight is 287 g/mol. The Labute approximate surface area is 110 Å². The van der Waals surface area contributed by atoms with E-state index in [4.69, 9.17) is 20.5 Å². The summed E-state index contributed by atoms with van der Waals surface area (Å²) in [5.41, 5.74) is 0. The van der Waals surface area contributed by atoms with E-state index in [1.165, 1.54) is 12.1 Å². The van der Waals surface area contributed by atoms with Crippen molar-refractivity contribution in [3.05, 3.63) is 28.1 Å². The van der Waals surface area contributed by atoms with Crippen LogP contribution in [0.2, 0.25) is 0 Å². The van der Waals surface area contributed by atoms with Gasteiger partial charge in [0, 0.05) is 0 Å². The molecule has 0 radical (unpaired) electrons. The lowest BCUT2D eigenvalue weighted by Gasteiger charge is -1.95. The Morgan fingerprint density at radius 1 is 1.53 bits per heavy atom. The number of nitro groups is 1. The molecule has 0 spiro atoms. The van der Waals surface area contributed by atoms with Crippen LogP contribution in [0.1, 0.15) is 5.89 Å². The summed E-state index contributed by atoms with van der Waals surface area (Å²) >= 11 is 5.29. The number of rotatable bonds is 5. The van der Waals surface area contributed by atoms with Gasteiger partial charge in [0.15, 0.2) is 5.76 Å². The zero-order chi connectivity index (χ0) is 13.8. The van der Waals surface area contributed by atoms with Gasteiger partial charge >= 0.3 is 5.88 Å². The van der Waals surface area contributed by atoms with Crippen LogP contribution >= 0.6 is 11.6 Å². The van der Waals surface area contributed by atoms with Gasteiger partial charge in [-0.15, -0.1) is 11.6 Å². The summed E-state index contributed by atoms with van der Waals surface area (Å²) in [6.45, 7) is 0.0152. The van der Waals surface area contributed by atoms with Crippen LogP contribution in [0.25, 0.3) is 11.6 Å². The van der Waals surface area contributed by atoms with Gasteiger partial charge in [-0.05, 0) is 6.07 Å². The highest BCUT2D eigenvalue weighted by molar-refractivity contribution is 6.27. The van der Waals surface area contributed by atoms with Gasteiger partial charge in [0.2, 0.25) is 17.6 Å². The Balaban J connectivity index is 2.07. The molecule has 0 bridgehead atoms.